The molecule has 9 rings (SSSR count). The Hall–Kier alpha value is -7.01. The van der Waals surface area contributed by atoms with Gasteiger partial charge in [0.15, 0.2) is 5.12 Å². The molecule has 1 N–H and O–H groups in total. The molecule has 0 saturated carbocycles. The fourth-order valence-electron chi connectivity index (χ4n) is 12.9. The lowest BCUT2D eigenvalue weighted by molar-refractivity contribution is -0.143. The van der Waals surface area contributed by atoms with Crippen molar-refractivity contribution in [2.45, 2.75) is 465 Å². The van der Waals surface area contributed by atoms with Gasteiger partial charge in [-0.05, 0) is 159 Å². The molecule has 20 nitrogen and oxygen atoms in total. The molecule has 4 amide bonds. The number of benzene rings is 3. The number of aromatic nitrogens is 7. The van der Waals surface area contributed by atoms with Crippen LogP contribution in [0.5, 0.6) is 0 Å². The summed E-state index contributed by atoms with van der Waals surface area (Å²) in [7, 11) is 4.43. The highest BCUT2D eigenvalue weighted by atomic mass is 32.2. The van der Waals surface area contributed by atoms with Gasteiger partial charge in [-0.25, -0.2) is 19.4 Å². The number of nitrogens with zero attached hydrogens (tertiary/aromatic N) is 12. The Morgan fingerprint density at radius 3 is 1.37 bits per heavy atom. The molecule has 0 aliphatic carbocycles. The minimum absolute atomic E-state index is 0. The molecule has 3 aliphatic heterocycles. The van der Waals surface area contributed by atoms with Gasteiger partial charge in [0.1, 0.15) is 17.1 Å². The van der Waals surface area contributed by atoms with Crippen molar-refractivity contribution in [1.82, 2.24) is 54.8 Å². The number of hydrogen-bond acceptors (Lipinski definition) is 16. The number of fused-ring (bicyclic) bond motifs is 8. The minimum Gasteiger partial charge on any atom is -0.390 e. The van der Waals surface area contributed by atoms with Crippen LogP contribution in [0.1, 0.15) is 426 Å². The molecule has 1 saturated heterocycles. The van der Waals surface area contributed by atoms with Crippen LogP contribution < -0.4 is 10.2 Å². The van der Waals surface area contributed by atoms with Crippen LogP contribution in [0.25, 0.3) is 33.4 Å². The maximum Gasteiger partial charge on any atom is 0.243 e. The molecule has 0 radical (unpaired) electrons. The number of oxime groups is 1. The topological polar surface area (TPSA) is 215 Å². The van der Waals surface area contributed by atoms with Crippen LogP contribution in [-0.2, 0) is 68.7 Å². The Kier molecular flexibility index (Phi) is 51.9. The molecule has 6 aromatic rings. The van der Waals surface area contributed by atoms with Crippen LogP contribution in [-0.4, -0.2) is 137 Å². The fraction of sp³-hybridized carbons (Fsp3) is 0.721. The van der Waals surface area contributed by atoms with E-state index in [4.69, 9.17) is 4.84 Å². The number of carbonyl (C=O) groups excluding carboxylic acids is 6. The number of imide groups is 1. The SMILES string of the molecule is C.C.C.C.C.C.C.CC(C)(C)/C=N/OC(C)(C)C.CC(C)(C)C(=O)N1Cc2ccccc2-c2c(nnn2C(C)(C)C)-c2ccccc21.CC(C)(C)CC(=O)C(C)(C)C.CC(C)(C)CSC(=O)C(C)(C)C.CC(C)(C)NC(=O)C(C)(C)C.CC(C)(C)SC1CC(=O)N(C(C)(C)C)C1=O.CC(C)(C)c1cn(C(C)(C)C)nn1.CN1Cc2c(c3ccccc3n2C(C)(C)C)C(C(C)(C)C)N1C. The first-order valence-electron chi connectivity index (χ1n) is 45.2. The Bertz CT molecular complexity index is 4530. The lowest BCUT2D eigenvalue weighted by Gasteiger charge is -2.47. The number of thioether (sulfide) groups is 2. The molecule has 1 fully saturated rings. The summed E-state index contributed by atoms with van der Waals surface area (Å²) in [6, 6.07) is 25.6. The molecule has 768 valence electrons. The van der Waals surface area contributed by atoms with E-state index in [0.29, 0.717) is 31.2 Å². The molecule has 0 spiro atoms. The number of Topliss-reactive ketones (excluding diaryl/α,β-unsaturated/α-hetero) is 1. The number of ketones is 1. The van der Waals surface area contributed by atoms with Crippen molar-refractivity contribution in [3.63, 3.8) is 0 Å². The number of hydrazine groups is 1. The summed E-state index contributed by atoms with van der Waals surface area (Å²) in [5, 5.41) is 30.5. The molecule has 2 unspecified atom stereocenters. The van der Waals surface area contributed by atoms with E-state index >= 15 is 0 Å². The third-order valence-electron chi connectivity index (χ3n) is 19.2. The second kappa shape index (κ2) is 50.5. The first-order valence-corrected chi connectivity index (χ1v) is 47.1. The van der Waals surface area contributed by atoms with Gasteiger partial charge in [-0.1, -0.05) is 348 Å². The van der Waals surface area contributed by atoms with Crippen molar-refractivity contribution in [2.24, 2.45) is 48.5 Å². The summed E-state index contributed by atoms with van der Waals surface area (Å²) in [5.41, 5.74) is 9.95. The second-order valence-corrected chi connectivity index (χ2v) is 53.9. The number of para-hydroxylation sites is 2. The zero-order valence-electron chi connectivity index (χ0n) is 88.8. The van der Waals surface area contributed by atoms with E-state index in [0.717, 1.165) is 51.8 Å². The van der Waals surface area contributed by atoms with Crippen LogP contribution in [0, 0.1) is 43.3 Å². The van der Waals surface area contributed by atoms with Crippen molar-refractivity contribution < 1.29 is 33.6 Å². The molecule has 3 aromatic carbocycles. The molecule has 0 bridgehead atoms. The number of carbonyl (C=O) groups is 6. The summed E-state index contributed by atoms with van der Waals surface area (Å²) in [5.74, 6) is 1.38. The number of amides is 4. The standard InChI is InChI=1S/C24H28N4O.C20H31N3.C12H21NO2S.C10H19N3.C10H20OS.C10H20O.2C9H19NO.7CH4/c1-23(2,3)22(29)27-15-16-11-7-8-12-17(16)21-20(18-13-9-10-14-19(18)27)25-26-28(21)24(4,5)6;1-19(2,3)18-17-14-11-9-10-12-15(14)23(20(4,5)6)16(17)13-21(7)22(18)8;1-11(2,3)13-9(14)7-8(10(13)15)16-12(4,5)6;1-9(2,3)8-7-13(12-11-8)10(4,5)6;1-9(2,3)7-12-8(11)10(4,5)6;1-9(2,3)7-8(11)10(4,5)6;1-8(2,3)7-10-11-9(4,5)6;1-8(2,3)7(11)10-9(4,5)6;;;;;;;/h7-14H,15H2,1-6H3;9-12,18H,13H2,1-8H3;8H,7H2,1-6H3;7H,1-6H3;7H2,1-6H3;7H2,1-6H3;7H,1-6H3;1-6H3,(H,10,11);7*1H4/b;;;;;;10-7+;;;;;;;;. The summed E-state index contributed by atoms with van der Waals surface area (Å²) >= 11 is 3.04. The second-order valence-electron chi connectivity index (χ2n) is 50.9. The Morgan fingerprint density at radius 1 is 0.526 bits per heavy atom. The molecule has 2 atom stereocenters. The number of anilines is 1. The van der Waals surface area contributed by atoms with Gasteiger partial charge in [0.2, 0.25) is 23.6 Å². The first-order chi connectivity index (χ1) is 55.9. The highest BCUT2D eigenvalue weighted by Gasteiger charge is 2.47. The molecule has 6 heterocycles. The van der Waals surface area contributed by atoms with Gasteiger partial charge in [-0.15, -0.1) is 22.0 Å². The van der Waals surface area contributed by atoms with E-state index in [1.807, 2.05) is 208 Å². The lowest BCUT2D eigenvalue weighted by Crippen LogP contribution is -2.48. The van der Waals surface area contributed by atoms with Gasteiger partial charge in [0.25, 0.3) is 0 Å². The van der Waals surface area contributed by atoms with E-state index in [2.05, 4.69) is 283 Å². The first kappa shape index (κ1) is 137. The fourth-order valence-corrected chi connectivity index (χ4v) is 15.2. The van der Waals surface area contributed by atoms with E-state index in [9.17, 15) is 28.8 Å². The van der Waals surface area contributed by atoms with E-state index in [1.54, 1.807) is 11.8 Å². The summed E-state index contributed by atoms with van der Waals surface area (Å²) < 4.78 is 6.47. The van der Waals surface area contributed by atoms with Crippen LogP contribution in [0.2, 0.25) is 0 Å². The van der Waals surface area contributed by atoms with Gasteiger partial charge in [-0.3, -0.25) is 33.7 Å². The smallest absolute Gasteiger partial charge is 0.243 e. The van der Waals surface area contributed by atoms with E-state index < -0.39 is 11.0 Å². The van der Waals surface area contributed by atoms with Crippen molar-refractivity contribution in [2.75, 3.05) is 24.7 Å². The van der Waals surface area contributed by atoms with Crippen LogP contribution in [0.15, 0.2) is 84.1 Å². The third-order valence-corrected chi connectivity index (χ3v) is 22.5. The number of likely N-dealkylation sites (tertiary alicyclic amines) is 1. The molecule has 133 heavy (non-hydrogen) atoms. The van der Waals surface area contributed by atoms with Gasteiger partial charge in [0.05, 0.1) is 52.5 Å². The monoisotopic (exact) mass is 1900 g/mol. The van der Waals surface area contributed by atoms with Gasteiger partial charge >= 0.3 is 0 Å². The Balaban J connectivity index is -0.000000355. The average molecular weight is 1900 g/mol. The maximum absolute atomic E-state index is 13.4. The molecule has 3 aromatic heterocycles. The Labute approximate surface area is 826 Å². The molecule has 3 aliphatic rings. The zero-order chi connectivity index (χ0) is 98.8. The van der Waals surface area contributed by atoms with Crippen molar-refractivity contribution in [1.29, 1.82) is 0 Å². The average Bonchev–Trinajstić information content (AvgIpc) is 1.56. The molecular weight excluding hydrogens is 1690 g/mol. The van der Waals surface area contributed by atoms with E-state index in [1.165, 1.54) is 38.8 Å². The van der Waals surface area contributed by atoms with Crippen LogP contribution in [0.4, 0.5) is 5.69 Å². The molecular formula is C111H205N13O7S2. The molecule has 22 heteroatoms. The predicted molar refractivity (Wildman–Crippen MR) is 584 cm³/mol. The van der Waals surface area contributed by atoms with Crippen LogP contribution >= 0.6 is 23.5 Å². The summed E-state index contributed by atoms with van der Waals surface area (Å²) in [6.45, 7) is 101. The van der Waals surface area contributed by atoms with Crippen molar-refractivity contribution in [3.05, 3.63) is 102 Å². The van der Waals surface area contributed by atoms with Crippen molar-refractivity contribution in [3.8, 4) is 22.5 Å². The minimum atomic E-state index is -0.493. The lowest BCUT2D eigenvalue weighted by atomic mass is 9.80. The largest absolute Gasteiger partial charge is 0.390 e. The van der Waals surface area contributed by atoms with Gasteiger partial charge < -0.3 is 19.6 Å². The number of hydrogen-bond donors (Lipinski definition) is 1. The van der Waals surface area contributed by atoms with E-state index in [-0.39, 0.29) is 162 Å². The van der Waals surface area contributed by atoms with Gasteiger partial charge in [0, 0.05) is 132 Å². The van der Waals surface area contributed by atoms with Crippen LogP contribution in [0.3, 0.4) is 0 Å². The maximum atomic E-state index is 13.4. The third kappa shape index (κ3) is 45.0. The van der Waals surface area contributed by atoms with Crippen molar-refractivity contribution >= 4 is 80.9 Å². The number of nitrogens with one attached hydrogen (secondary N) is 1. The highest BCUT2D eigenvalue weighted by molar-refractivity contribution is 8.13. The van der Waals surface area contributed by atoms with Gasteiger partial charge in [-0.2, -0.15) is 0 Å². The predicted octanol–water partition coefficient (Wildman–Crippen LogP) is 30.4. The Morgan fingerprint density at radius 2 is 1.01 bits per heavy atom. The summed E-state index contributed by atoms with van der Waals surface area (Å²) in [4.78, 5) is 80.2. The number of rotatable bonds is 4. The normalized spacial score (nSPS) is 15.2. The zero-order valence-corrected chi connectivity index (χ0v) is 90.4. The summed E-state index contributed by atoms with van der Waals surface area (Å²) in [6.07, 6.45) is 4.87. The quantitative estimate of drug-likeness (QED) is 0.0987. The highest BCUT2D eigenvalue weighted by Crippen LogP contribution is 2.49.